The second-order valence-corrected chi connectivity index (χ2v) is 10.7. The van der Waals surface area contributed by atoms with Gasteiger partial charge in [-0.3, -0.25) is 0 Å². The number of benzene rings is 1. The zero-order valence-corrected chi connectivity index (χ0v) is 18.6. The van der Waals surface area contributed by atoms with Crippen LogP contribution in [0.25, 0.3) is 26.7 Å². The van der Waals surface area contributed by atoms with Gasteiger partial charge in [0.05, 0.1) is 21.2 Å². The molecule has 166 valence electrons. The summed E-state index contributed by atoms with van der Waals surface area (Å²) in [6.07, 6.45) is -3.63. The first-order valence-corrected chi connectivity index (χ1v) is 12.4. The Labute approximate surface area is 188 Å². The minimum absolute atomic E-state index is 0.0297. The van der Waals surface area contributed by atoms with E-state index in [1.807, 2.05) is 0 Å². The van der Waals surface area contributed by atoms with Crippen LogP contribution >= 0.6 is 22.7 Å². The van der Waals surface area contributed by atoms with E-state index in [-0.39, 0.29) is 21.2 Å². The molecule has 0 saturated carbocycles. The molecule has 0 radical (unpaired) electrons. The number of aromatic nitrogens is 2. The van der Waals surface area contributed by atoms with Crippen LogP contribution < -0.4 is 0 Å². The van der Waals surface area contributed by atoms with Gasteiger partial charge in [-0.25, -0.2) is 17.9 Å². The molecule has 0 aliphatic carbocycles. The van der Waals surface area contributed by atoms with E-state index in [4.69, 9.17) is 0 Å². The van der Waals surface area contributed by atoms with Gasteiger partial charge in [0, 0.05) is 11.1 Å². The second-order valence-electron chi connectivity index (χ2n) is 6.73. The minimum Gasteiger partial charge on any atom is -0.477 e. The predicted octanol–water partition coefficient (Wildman–Crippen LogP) is 5.45. The summed E-state index contributed by atoms with van der Waals surface area (Å²) in [5, 5.41) is 14.5. The molecule has 12 heteroatoms. The number of nitrogens with zero attached hydrogens (tertiary/aromatic N) is 2. The second kappa shape index (κ2) is 7.87. The number of hydrogen-bond acceptors (Lipinski definition) is 6. The van der Waals surface area contributed by atoms with Crippen LogP contribution in [0, 0.1) is 0 Å². The summed E-state index contributed by atoms with van der Waals surface area (Å²) in [4.78, 5) is 12.5. The molecule has 0 aliphatic heterocycles. The van der Waals surface area contributed by atoms with Crippen LogP contribution in [-0.4, -0.2) is 35.5 Å². The summed E-state index contributed by atoms with van der Waals surface area (Å²) < 4.78 is 64.8. The summed E-state index contributed by atoms with van der Waals surface area (Å²) in [5.74, 6) is -1.27. The summed E-state index contributed by atoms with van der Waals surface area (Å²) in [6, 6.07) is 11.8. The van der Waals surface area contributed by atoms with Crippen LogP contribution in [0.3, 0.4) is 0 Å². The summed E-state index contributed by atoms with van der Waals surface area (Å²) in [6.45, 7) is 0. The molecule has 32 heavy (non-hydrogen) atoms. The predicted molar refractivity (Wildman–Crippen MR) is 115 cm³/mol. The van der Waals surface area contributed by atoms with Crippen molar-refractivity contribution >= 4 is 38.5 Å². The number of aromatic carboxylic acids is 1. The zero-order chi connectivity index (χ0) is 23.3. The molecule has 1 N–H and O–H groups in total. The molecule has 3 aromatic heterocycles. The van der Waals surface area contributed by atoms with Crippen molar-refractivity contribution in [3.8, 4) is 26.7 Å². The first-order valence-electron chi connectivity index (χ1n) is 8.84. The molecule has 0 bridgehead atoms. The molecule has 0 aliphatic rings. The largest absolute Gasteiger partial charge is 0.477 e. The Balaban J connectivity index is 1.85. The summed E-state index contributed by atoms with van der Waals surface area (Å²) in [7, 11) is -3.43. The zero-order valence-electron chi connectivity index (χ0n) is 16.1. The van der Waals surface area contributed by atoms with Crippen LogP contribution in [0.5, 0.6) is 0 Å². The van der Waals surface area contributed by atoms with Gasteiger partial charge >= 0.3 is 12.1 Å². The van der Waals surface area contributed by atoms with Crippen LogP contribution in [0.15, 0.2) is 58.8 Å². The minimum atomic E-state index is -4.72. The van der Waals surface area contributed by atoms with Crippen LogP contribution in [0.1, 0.15) is 15.4 Å². The fourth-order valence-corrected chi connectivity index (χ4v) is 5.40. The monoisotopic (exact) mass is 498 g/mol. The van der Waals surface area contributed by atoms with Gasteiger partial charge in [0.1, 0.15) is 4.88 Å². The summed E-state index contributed by atoms with van der Waals surface area (Å²) in [5.41, 5.74) is -0.451. The SMILES string of the molecule is CS(=O)(=O)c1cccc(-c2ccc(-c3cc(C(F)(F)F)nn3-c3ccsc3C(=O)O)s2)c1. The van der Waals surface area contributed by atoms with E-state index in [9.17, 15) is 31.5 Å². The molecular weight excluding hydrogens is 485 g/mol. The lowest BCUT2D eigenvalue weighted by atomic mass is 10.2. The molecular formula is C20H13F3N2O4S3. The van der Waals surface area contributed by atoms with Crippen LogP contribution in [0.4, 0.5) is 13.2 Å². The van der Waals surface area contributed by atoms with Gasteiger partial charge in [-0.1, -0.05) is 12.1 Å². The third-order valence-electron chi connectivity index (χ3n) is 4.47. The Bertz CT molecular complexity index is 1430. The highest BCUT2D eigenvalue weighted by molar-refractivity contribution is 7.90. The van der Waals surface area contributed by atoms with Gasteiger partial charge in [0.15, 0.2) is 15.5 Å². The highest BCUT2D eigenvalue weighted by Crippen LogP contribution is 2.39. The number of sulfone groups is 1. The fraction of sp³-hybridized carbons (Fsp3) is 0.100. The van der Waals surface area contributed by atoms with Crippen molar-refractivity contribution in [3.05, 3.63) is 64.5 Å². The maximum Gasteiger partial charge on any atom is 0.435 e. The van der Waals surface area contributed by atoms with Crippen molar-refractivity contribution in [2.45, 2.75) is 11.1 Å². The van der Waals surface area contributed by atoms with Gasteiger partial charge in [0.25, 0.3) is 0 Å². The highest BCUT2D eigenvalue weighted by Gasteiger charge is 2.36. The lowest BCUT2D eigenvalue weighted by Gasteiger charge is -2.06. The van der Waals surface area contributed by atoms with E-state index in [1.54, 1.807) is 24.3 Å². The summed E-state index contributed by atoms with van der Waals surface area (Å²) >= 11 is 2.03. The van der Waals surface area contributed by atoms with E-state index in [2.05, 4.69) is 5.10 Å². The molecule has 0 amide bonds. The molecule has 6 nitrogen and oxygen atoms in total. The maximum absolute atomic E-state index is 13.4. The molecule has 0 spiro atoms. The van der Waals surface area contributed by atoms with Gasteiger partial charge in [0.2, 0.25) is 0 Å². The number of carbonyl (C=O) groups is 1. The van der Waals surface area contributed by atoms with E-state index < -0.39 is 27.7 Å². The smallest absolute Gasteiger partial charge is 0.435 e. The normalized spacial score (nSPS) is 12.2. The maximum atomic E-state index is 13.4. The van der Waals surface area contributed by atoms with Crippen LogP contribution in [-0.2, 0) is 16.0 Å². The van der Waals surface area contributed by atoms with Gasteiger partial charge < -0.3 is 5.11 Å². The van der Waals surface area contributed by atoms with Crippen molar-refractivity contribution in [2.75, 3.05) is 6.26 Å². The fourth-order valence-electron chi connectivity index (χ4n) is 3.02. The molecule has 3 heterocycles. The topological polar surface area (TPSA) is 89.3 Å². The van der Waals surface area contributed by atoms with Crippen LogP contribution in [0.2, 0.25) is 0 Å². The molecule has 0 unspecified atom stereocenters. The lowest BCUT2D eigenvalue weighted by Crippen LogP contribution is -2.08. The van der Waals surface area contributed by atoms with Crippen molar-refractivity contribution in [1.29, 1.82) is 0 Å². The average Bonchev–Trinajstić information content (AvgIpc) is 3.44. The average molecular weight is 499 g/mol. The van der Waals surface area contributed by atoms with E-state index >= 15 is 0 Å². The number of thiophene rings is 2. The number of halogens is 3. The quantitative estimate of drug-likeness (QED) is 0.395. The number of hydrogen-bond donors (Lipinski definition) is 1. The molecule has 4 rings (SSSR count). The Hall–Kier alpha value is -2.96. The Morgan fingerprint density at radius 2 is 1.81 bits per heavy atom. The van der Waals surface area contributed by atoms with E-state index in [1.165, 1.54) is 23.6 Å². The Morgan fingerprint density at radius 3 is 2.47 bits per heavy atom. The first-order chi connectivity index (χ1) is 14.9. The van der Waals surface area contributed by atoms with Crippen molar-refractivity contribution in [3.63, 3.8) is 0 Å². The molecule has 0 saturated heterocycles. The standard InChI is InChI=1S/C20H13F3N2O4S3/c1-32(28,29)12-4-2-3-11(9-12)15-5-6-16(31-15)14-10-17(20(21,22)23)24-25(14)13-7-8-30-18(13)19(26)27/h2-10H,1H3,(H,26,27). The Kier molecular flexibility index (Phi) is 5.47. The van der Waals surface area contributed by atoms with E-state index in [0.29, 0.717) is 15.3 Å². The number of carboxylic acids is 1. The third kappa shape index (κ3) is 4.20. The highest BCUT2D eigenvalue weighted by atomic mass is 32.2. The first kappa shape index (κ1) is 22.2. The van der Waals surface area contributed by atoms with Crippen molar-refractivity contribution in [1.82, 2.24) is 9.78 Å². The molecule has 1 aromatic carbocycles. The number of alkyl halides is 3. The molecule has 0 fully saturated rings. The number of carboxylic acid groups (broad SMARTS) is 1. The van der Waals surface area contributed by atoms with Gasteiger partial charge in [-0.2, -0.15) is 18.3 Å². The van der Waals surface area contributed by atoms with E-state index in [0.717, 1.165) is 39.7 Å². The van der Waals surface area contributed by atoms with Gasteiger partial charge in [-0.15, -0.1) is 22.7 Å². The lowest BCUT2D eigenvalue weighted by molar-refractivity contribution is -0.141. The van der Waals surface area contributed by atoms with Gasteiger partial charge in [-0.05, 0) is 47.3 Å². The Morgan fingerprint density at radius 1 is 1.09 bits per heavy atom. The third-order valence-corrected chi connectivity index (χ3v) is 7.63. The molecule has 4 aromatic rings. The van der Waals surface area contributed by atoms with Crippen molar-refractivity contribution < 1.29 is 31.5 Å². The number of rotatable bonds is 5. The molecule has 0 atom stereocenters. The van der Waals surface area contributed by atoms with Crippen molar-refractivity contribution in [2.24, 2.45) is 0 Å².